The quantitative estimate of drug-likeness (QED) is 0.629. The Kier molecular flexibility index (Phi) is 2.46. The van der Waals surface area contributed by atoms with Crippen molar-refractivity contribution >= 4 is 5.69 Å². The number of hydrogen-bond donors (Lipinski definition) is 1. The summed E-state index contributed by atoms with van der Waals surface area (Å²) in [7, 11) is 0. The molecule has 2 rings (SSSR count). The smallest absolute Gasteiger partial charge is 0.269 e. The molecule has 1 aliphatic carbocycles. The minimum atomic E-state index is -0.451. The number of non-ortho nitro benzene ring substituents is 1. The summed E-state index contributed by atoms with van der Waals surface area (Å²) in [5.74, 6) is 0. The average Bonchev–Trinajstić information content (AvgIpc) is 2.98. The number of hydrogen-bond acceptors (Lipinski definition) is 3. The fraction of sp³-hybridized carbons (Fsp3) is 0.500. The number of aliphatic hydroxyl groups is 1. The molecule has 4 nitrogen and oxygen atoms in total. The highest BCUT2D eigenvalue weighted by Crippen LogP contribution is 2.52. The van der Waals surface area contributed by atoms with Crippen LogP contribution in [0.5, 0.6) is 0 Å². The van der Waals surface area contributed by atoms with Gasteiger partial charge >= 0.3 is 0 Å². The second-order valence-electron chi connectivity index (χ2n) is 4.59. The van der Waals surface area contributed by atoms with Gasteiger partial charge in [0.15, 0.2) is 0 Å². The van der Waals surface area contributed by atoms with Gasteiger partial charge in [0.25, 0.3) is 5.69 Å². The number of nitrogens with zero attached hydrogens (tertiary/aromatic N) is 1. The van der Waals surface area contributed by atoms with Crippen molar-refractivity contribution < 1.29 is 10.0 Å². The summed E-state index contributed by atoms with van der Waals surface area (Å²) in [6.45, 7) is 3.69. The number of aryl methyl sites for hydroxylation is 1. The van der Waals surface area contributed by atoms with E-state index in [4.69, 9.17) is 0 Å². The van der Waals surface area contributed by atoms with Crippen molar-refractivity contribution in [2.24, 2.45) is 0 Å². The van der Waals surface area contributed by atoms with Crippen LogP contribution in [0.2, 0.25) is 0 Å². The highest BCUT2D eigenvalue weighted by atomic mass is 16.6. The van der Waals surface area contributed by atoms with Crippen molar-refractivity contribution in [2.75, 3.05) is 0 Å². The molecule has 1 fully saturated rings. The average molecular weight is 221 g/mol. The van der Waals surface area contributed by atoms with Crippen LogP contribution >= 0.6 is 0 Å². The summed E-state index contributed by atoms with van der Waals surface area (Å²) in [4.78, 5) is 10.3. The maximum absolute atomic E-state index is 10.7. The topological polar surface area (TPSA) is 63.4 Å². The third-order valence-electron chi connectivity index (χ3n) is 3.56. The van der Waals surface area contributed by atoms with E-state index in [0.717, 1.165) is 24.0 Å². The first kappa shape index (κ1) is 11.1. The van der Waals surface area contributed by atoms with E-state index in [9.17, 15) is 15.2 Å². The van der Waals surface area contributed by atoms with Crippen LogP contribution in [0.4, 0.5) is 5.69 Å². The first-order valence-corrected chi connectivity index (χ1v) is 5.41. The van der Waals surface area contributed by atoms with Crippen molar-refractivity contribution in [2.45, 2.75) is 38.2 Å². The second-order valence-corrected chi connectivity index (χ2v) is 4.59. The molecule has 1 atom stereocenters. The van der Waals surface area contributed by atoms with Gasteiger partial charge in [-0.05, 0) is 37.8 Å². The molecule has 1 aromatic rings. The van der Waals surface area contributed by atoms with Crippen molar-refractivity contribution in [1.29, 1.82) is 0 Å². The Balaban J connectivity index is 2.48. The summed E-state index contributed by atoms with van der Waals surface area (Å²) >= 11 is 0. The van der Waals surface area contributed by atoms with Gasteiger partial charge in [0.1, 0.15) is 0 Å². The van der Waals surface area contributed by atoms with Crippen LogP contribution in [0.15, 0.2) is 18.2 Å². The van der Waals surface area contributed by atoms with E-state index in [1.165, 1.54) is 6.07 Å². The highest BCUT2D eigenvalue weighted by Gasteiger charge is 2.49. The molecule has 0 spiro atoms. The molecule has 1 aliphatic rings. The molecule has 0 aliphatic heterocycles. The number of benzene rings is 1. The SMILES string of the molecule is Cc1ccc([N+](=O)[O-])cc1C1(C(C)O)CC1. The largest absolute Gasteiger partial charge is 0.392 e. The fourth-order valence-electron chi connectivity index (χ4n) is 2.31. The summed E-state index contributed by atoms with van der Waals surface area (Å²) in [6, 6.07) is 4.88. The molecule has 1 aromatic carbocycles. The van der Waals surface area contributed by atoms with Crippen LogP contribution in [-0.2, 0) is 5.41 Å². The van der Waals surface area contributed by atoms with Gasteiger partial charge in [0.05, 0.1) is 11.0 Å². The third-order valence-corrected chi connectivity index (χ3v) is 3.56. The van der Waals surface area contributed by atoms with Gasteiger partial charge in [0.2, 0.25) is 0 Å². The Hall–Kier alpha value is -1.42. The molecule has 4 heteroatoms. The maximum atomic E-state index is 10.7. The van der Waals surface area contributed by atoms with E-state index in [1.807, 2.05) is 6.92 Å². The fourth-order valence-corrected chi connectivity index (χ4v) is 2.31. The van der Waals surface area contributed by atoms with Gasteiger partial charge in [-0.25, -0.2) is 0 Å². The Labute approximate surface area is 94.1 Å². The zero-order chi connectivity index (χ0) is 11.9. The van der Waals surface area contributed by atoms with Gasteiger partial charge in [0, 0.05) is 17.5 Å². The summed E-state index contributed by atoms with van der Waals surface area (Å²) in [5.41, 5.74) is 1.81. The van der Waals surface area contributed by atoms with E-state index < -0.39 is 6.10 Å². The Morgan fingerprint density at radius 3 is 2.56 bits per heavy atom. The summed E-state index contributed by atoms with van der Waals surface area (Å²) in [5, 5.41) is 20.5. The van der Waals surface area contributed by atoms with Crippen LogP contribution < -0.4 is 0 Å². The second kappa shape index (κ2) is 3.56. The molecule has 1 N–H and O–H groups in total. The number of nitro benzene ring substituents is 1. The van der Waals surface area contributed by atoms with Crippen LogP contribution in [0, 0.1) is 17.0 Å². The molecule has 0 amide bonds. The van der Waals surface area contributed by atoms with Crippen molar-refractivity contribution in [3.05, 3.63) is 39.4 Å². The molecule has 0 aromatic heterocycles. The number of rotatable bonds is 3. The molecule has 86 valence electrons. The zero-order valence-corrected chi connectivity index (χ0v) is 9.43. The molecule has 1 unspecified atom stereocenters. The molecule has 0 saturated heterocycles. The standard InChI is InChI=1S/C12H15NO3/c1-8-3-4-10(13(15)16)7-11(8)12(5-6-12)9(2)14/h3-4,7,9,14H,5-6H2,1-2H3. The van der Waals surface area contributed by atoms with Crippen LogP contribution in [-0.4, -0.2) is 16.1 Å². The van der Waals surface area contributed by atoms with Gasteiger partial charge in [-0.3, -0.25) is 10.1 Å². The van der Waals surface area contributed by atoms with E-state index in [2.05, 4.69) is 0 Å². The molecule has 16 heavy (non-hydrogen) atoms. The lowest BCUT2D eigenvalue weighted by Gasteiger charge is -2.20. The minimum absolute atomic E-state index is 0.104. The lowest BCUT2D eigenvalue weighted by molar-refractivity contribution is -0.385. The summed E-state index contributed by atoms with van der Waals surface area (Å²) < 4.78 is 0. The van der Waals surface area contributed by atoms with Crippen molar-refractivity contribution in [1.82, 2.24) is 0 Å². The van der Waals surface area contributed by atoms with Crippen LogP contribution in [0.3, 0.4) is 0 Å². The monoisotopic (exact) mass is 221 g/mol. The van der Waals surface area contributed by atoms with Crippen LogP contribution in [0.25, 0.3) is 0 Å². The molecule has 0 radical (unpaired) electrons. The van der Waals surface area contributed by atoms with E-state index in [0.29, 0.717) is 0 Å². The lowest BCUT2D eigenvalue weighted by atomic mass is 9.87. The van der Waals surface area contributed by atoms with Gasteiger partial charge in [-0.1, -0.05) is 6.07 Å². The molecule has 0 bridgehead atoms. The van der Waals surface area contributed by atoms with E-state index in [1.54, 1.807) is 19.1 Å². The normalized spacial score (nSPS) is 19.2. The first-order chi connectivity index (χ1) is 7.47. The van der Waals surface area contributed by atoms with Gasteiger partial charge < -0.3 is 5.11 Å². The van der Waals surface area contributed by atoms with Gasteiger partial charge in [-0.2, -0.15) is 0 Å². The molecule has 1 saturated carbocycles. The third kappa shape index (κ3) is 1.59. The molecular formula is C12H15NO3. The van der Waals surface area contributed by atoms with E-state index >= 15 is 0 Å². The Morgan fingerprint density at radius 2 is 2.12 bits per heavy atom. The summed E-state index contributed by atoms with van der Waals surface area (Å²) in [6.07, 6.45) is 1.37. The predicted molar refractivity (Wildman–Crippen MR) is 60.4 cm³/mol. The lowest BCUT2D eigenvalue weighted by Crippen LogP contribution is -2.23. The molecule has 0 heterocycles. The van der Waals surface area contributed by atoms with Crippen molar-refractivity contribution in [3.8, 4) is 0 Å². The first-order valence-electron chi connectivity index (χ1n) is 5.41. The zero-order valence-electron chi connectivity index (χ0n) is 9.43. The van der Waals surface area contributed by atoms with Crippen molar-refractivity contribution in [3.63, 3.8) is 0 Å². The Bertz CT molecular complexity index is 436. The highest BCUT2D eigenvalue weighted by molar-refractivity contribution is 5.46. The predicted octanol–water partition coefficient (Wildman–Crippen LogP) is 2.32. The molecular weight excluding hydrogens is 206 g/mol. The van der Waals surface area contributed by atoms with Crippen LogP contribution in [0.1, 0.15) is 30.9 Å². The Morgan fingerprint density at radius 1 is 1.50 bits per heavy atom. The number of nitro groups is 1. The maximum Gasteiger partial charge on any atom is 0.269 e. The minimum Gasteiger partial charge on any atom is -0.392 e. The van der Waals surface area contributed by atoms with E-state index in [-0.39, 0.29) is 16.0 Å². The van der Waals surface area contributed by atoms with Gasteiger partial charge in [-0.15, -0.1) is 0 Å². The number of aliphatic hydroxyl groups excluding tert-OH is 1.